The molecule has 2 atom stereocenters. The first kappa shape index (κ1) is 17.0. The van der Waals surface area contributed by atoms with Crippen LogP contribution in [0.2, 0.25) is 0 Å². The van der Waals surface area contributed by atoms with E-state index in [2.05, 4.69) is 10.1 Å². The predicted molar refractivity (Wildman–Crippen MR) is 78.6 cm³/mol. The molecule has 1 heterocycles. The van der Waals surface area contributed by atoms with E-state index in [0.29, 0.717) is 18.7 Å². The van der Waals surface area contributed by atoms with E-state index in [4.69, 9.17) is 5.11 Å². The molecule has 0 spiro atoms. The second kappa shape index (κ2) is 7.26. The first-order valence-electron chi connectivity index (χ1n) is 7.18. The van der Waals surface area contributed by atoms with Crippen LogP contribution in [0.25, 0.3) is 0 Å². The number of rotatable bonds is 4. The summed E-state index contributed by atoms with van der Waals surface area (Å²) in [4.78, 5) is 24.8. The fourth-order valence-electron chi connectivity index (χ4n) is 2.65. The summed E-state index contributed by atoms with van der Waals surface area (Å²) in [6.45, 7) is -0.492. The molecule has 23 heavy (non-hydrogen) atoms. The van der Waals surface area contributed by atoms with Crippen molar-refractivity contribution in [3.05, 3.63) is 24.3 Å². The highest BCUT2D eigenvalue weighted by molar-refractivity contribution is 5.90. The number of halogens is 2. The molecule has 8 heteroatoms. The minimum atomic E-state index is -2.94. The van der Waals surface area contributed by atoms with Gasteiger partial charge in [0.25, 0.3) is 0 Å². The van der Waals surface area contributed by atoms with Gasteiger partial charge in [-0.1, -0.05) is 13.0 Å². The van der Waals surface area contributed by atoms with Gasteiger partial charge >= 0.3 is 18.6 Å². The molecule has 6 nitrogen and oxygen atoms in total. The Labute approximate surface area is 132 Å². The summed E-state index contributed by atoms with van der Waals surface area (Å²) < 4.78 is 28.7. The summed E-state index contributed by atoms with van der Waals surface area (Å²) >= 11 is 0. The smallest absolute Gasteiger partial charge is 0.387 e. The fourth-order valence-corrected chi connectivity index (χ4v) is 2.65. The van der Waals surface area contributed by atoms with Gasteiger partial charge < -0.3 is 20.1 Å². The van der Waals surface area contributed by atoms with Crippen LogP contribution in [0, 0.1) is 11.8 Å². The number of alkyl halides is 2. The van der Waals surface area contributed by atoms with Crippen LogP contribution in [0.1, 0.15) is 13.3 Å². The van der Waals surface area contributed by atoms with Gasteiger partial charge in [0.05, 0.1) is 5.92 Å². The fraction of sp³-hybridized carbons (Fsp3) is 0.467. The van der Waals surface area contributed by atoms with Crippen molar-refractivity contribution in [3.8, 4) is 5.75 Å². The van der Waals surface area contributed by atoms with Crippen LogP contribution in [0.3, 0.4) is 0 Å². The van der Waals surface area contributed by atoms with E-state index in [9.17, 15) is 18.4 Å². The molecule has 0 bridgehead atoms. The molecule has 2 unspecified atom stereocenters. The number of anilines is 1. The second-order valence-electron chi connectivity index (χ2n) is 5.62. The lowest BCUT2D eigenvalue weighted by Gasteiger charge is -2.34. The Bertz CT molecular complexity index is 582. The van der Waals surface area contributed by atoms with Crippen molar-refractivity contribution in [2.75, 3.05) is 18.4 Å². The number of ether oxygens (including phenoxy) is 1. The van der Waals surface area contributed by atoms with E-state index >= 15 is 0 Å². The maximum absolute atomic E-state index is 12.2. The van der Waals surface area contributed by atoms with E-state index in [-0.39, 0.29) is 18.2 Å². The van der Waals surface area contributed by atoms with Crippen molar-refractivity contribution in [3.63, 3.8) is 0 Å². The minimum Gasteiger partial charge on any atom is -0.481 e. The Morgan fingerprint density at radius 1 is 1.39 bits per heavy atom. The summed E-state index contributed by atoms with van der Waals surface area (Å²) in [5, 5.41) is 11.7. The Morgan fingerprint density at radius 3 is 2.78 bits per heavy atom. The van der Waals surface area contributed by atoms with Gasteiger partial charge in [0, 0.05) is 24.8 Å². The van der Waals surface area contributed by atoms with Crippen LogP contribution in [0.15, 0.2) is 24.3 Å². The number of carboxylic acid groups (broad SMARTS) is 1. The Balaban J connectivity index is 2.02. The molecule has 1 aliphatic heterocycles. The lowest BCUT2D eigenvalue weighted by molar-refractivity contribution is -0.143. The van der Waals surface area contributed by atoms with Crippen molar-refractivity contribution in [1.82, 2.24) is 4.90 Å². The van der Waals surface area contributed by atoms with Crippen molar-refractivity contribution in [1.29, 1.82) is 0 Å². The summed E-state index contributed by atoms with van der Waals surface area (Å²) in [5.74, 6) is -1.52. The number of piperidine rings is 1. The zero-order valence-electron chi connectivity index (χ0n) is 12.5. The summed E-state index contributed by atoms with van der Waals surface area (Å²) in [6, 6.07) is 5.19. The largest absolute Gasteiger partial charge is 0.481 e. The number of carboxylic acids is 1. The van der Waals surface area contributed by atoms with Crippen molar-refractivity contribution >= 4 is 17.7 Å². The first-order valence-corrected chi connectivity index (χ1v) is 7.18. The quantitative estimate of drug-likeness (QED) is 0.891. The zero-order valence-corrected chi connectivity index (χ0v) is 12.5. The minimum absolute atomic E-state index is 0.0618. The molecule has 0 aromatic heterocycles. The Kier molecular flexibility index (Phi) is 5.36. The number of hydrogen-bond donors (Lipinski definition) is 2. The molecular weight excluding hydrogens is 310 g/mol. The molecule has 1 saturated heterocycles. The number of urea groups is 1. The van der Waals surface area contributed by atoms with Gasteiger partial charge in [0.15, 0.2) is 0 Å². The van der Waals surface area contributed by atoms with E-state index in [1.807, 2.05) is 6.92 Å². The van der Waals surface area contributed by atoms with E-state index in [0.717, 1.165) is 0 Å². The van der Waals surface area contributed by atoms with E-state index < -0.39 is 24.5 Å². The summed E-state index contributed by atoms with van der Waals surface area (Å²) in [5.41, 5.74) is 0.304. The van der Waals surface area contributed by atoms with E-state index in [1.54, 1.807) is 0 Å². The predicted octanol–water partition coefficient (Wildman–Crippen LogP) is 2.86. The van der Waals surface area contributed by atoms with Gasteiger partial charge in [-0.3, -0.25) is 4.79 Å². The van der Waals surface area contributed by atoms with Crippen LogP contribution >= 0.6 is 0 Å². The van der Waals surface area contributed by atoms with Gasteiger partial charge in [-0.25, -0.2) is 4.79 Å². The van der Waals surface area contributed by atoms with Gasteiger partial charge in [0.2, 0.25) is 0 Å². The Morgan fingerprint density at radius 2 is 2.13 bits per heavy atom. The molecule has 1 aliphatic rings. The molecule has 2 rings (SSSR count). The zero-order chi connectivity index (χ0) is 17.0. The van der Waals surface area contributed by atoms with Crippen molar-refractivity contribution in [2.45, 2.75) is 20.0 Å². The van der Waals surface area contributed by atoms with Crippen molar-refractivity contribution < 1.29 is 28.2 Å². The molecule has 1 aromatic carbocycles. The number of nitrogens with one attached hydrogen (secondary N) is 1. The molecule has 1 aromatic rings. The molecule has 0 aliphatic carbocycles. The number of carbonyl (C=O) groups is 2. The molecule has 126 valence electrons. The van der Waals surface area contributed by atoms with Crippen molar-refractivity contribution in [2.24, 2.45) is 11.8 Å². The van der Waals surface area contributed by atoms with Gasteiger partial charge in [-0.05, 0) is 24.5 Å². The SMILES string of the molecule is CC1CC(C(=O)O)CN(C(=O)Nc2cccc(OC(F)F)c2)C1. The van der Waals surface area contributed by atoms with Gasteiger partial charge in [0.1, 0.15) is 5.75 Å². The molecule has 0 saturated carbocycles. The normalized spacial score (nSPS) is 21.1. The number of nitrogens with zero attached hydrogens (tertiary/aromatic N) is 1. The van der Waals surface area contributed by atoms with Crippen LogP contribution in [0.4, 0.5) is 19.3 Å². The lowest BCUT2D eigenvalue weighted by Crippen LogP contribution is -2.47. The maximum Gasteiger partial charge on any atom is 0.387 e. The third-order valence-electron chi connectivity index (χ3n) is 3.61. The van der Waals surface area contributed by atoms with Crippen LogP contribution in [0.5, 0.6) is 5.75 Å². The van der Waals surface area contributed by atoms with Crippen LogP contribution < -0.4 is 10.1 Å². The average Bonchev–Trinajstić information content (AvgIpc) is 2.46. The van der Waals surface area contributed by atoms with E-state index in [1.165, 1.54) is 29.2 Å². The van der Waals surface area contributed by atoms with Crippen LogP contribution in [-0.4, -0.2) is 41.7 Å². The third-order valence-corrected chi connectivity index (χ3v) is 3.61. The molecule has 1 fully saturated rings. The number of aliphatic carboxylic acids is 1. The summed E-state index contributed by atoms with van der Waals surface area (Å²) in [6.07, 6.45) is 0.525. The second-order valence-corrected chi connectivity index (χ2v) is 5.62. The first-order chi connectivity index (χ1) is 10.8. The average molecular weight is 328 g/mol. The number of amides is 2. The highest BCUT2D eigenvalue weighted by Crippen LogP contribution is 2.24. The highest BCUT2D eigenvalue weighted by Gasteiger charge is 2.31. The van der Waals surface area contributed by atoms with Crippen LogP contribution in [-0.2, 0) is 4.79 Å². The number of hydrogen-bond acceptors (Lipinski definition) is 3. The topological polar surface area (TPSA) is 78.9 Å². The van der Waals surface area contributed by atoms with Gasteiger partial charge in [-0.2, -0.15) is 8.78 Å². The highest BCUT2D eigenvalue weighted by atomic mass is 19.3. The molecular formula is C15H18F2N2O4. The van der Waals surface area contributed by atoms with Gasteiger partial charge in [-0.15, -0.1) is 0 Å². The third kappa shape index (κ3) is 4.80. The molecule has 2 N–H and O–H groups in total. The Hall–Kier alpha value is -2.38. The standard InChI is InChI=1S/C15H18F2N2O4/c1-9-5-10(13(20)21)8-19(7-9)15(22)18-11-3-2-4-12(6-11)23-14(16)17/h2-4,6,9-10,14H,5,7-8H2,1H3,(H,18,22)(H,20,21). The number of carbonyl (C=O) groups excluding carboxylic acids is 1. The maximum atomic E-state index is 12.2. The molecule has 0 radical (unpaired) electrons. The molecule has 2 amide bonds. The number of benzene rings is 1. The monoisotopic (exact) mass is 328 g/mol. The number of likely N-dealkylation sites (tertiary alicyclic amines) is 1. The summed E-state index contributed by atoms with van der Waals surface area (Å²) in [7, 11) is 0. The lowest BCUT2D eigenvalue weighted by atomic mass is 9.91.